The lowest BCUT2D eigenvalue weighted by Crippen LogP contribution is -2.42. The van der Waals surface area contributed by atoms with Gasteiger partial charge in [0.2, 0.25) is 0 Å². The van der Waals surface area contributed by atoms with Gasteiger partial charge in [0.25, 0.3) is 0 Å². The van der Waals surface area contributed by atoms with Gasteiger partial charge in [0.1, 0.15) is 0 Å². The minimum atomic E-state index is 0.571. The van der Waals surface area contributed by atoms with Gasteiger partial charge in [-0.1, -0.05) is 20.3 Å². The third-order valence-electron chi connectivity index (χ3n) is 3.73. The van der Waals surface area contributed by atoms with Gasteiger partial charge in [0.15, 0.2) is 0 Å². The average molecular weight is 226 g/mol. The van der Waals surface area contributed by atoms with Crippen molar-refractivity contribution < 1.29 is 0 Å². The van der Waals surface area contributed by atoms with Crippen LogP contribution in [0.1, 0.15) is 52.9 Å². The fraction of sp³-hybridized carbons (Fsp3) is 1.00. The molecule has 2 atom stereocenters. The van der Waals surface area contributed by atoms with Crippen LogP contribution in [-0.2, 0) is 0 Å². The highest BCUT2D eigenvalue weighted by molar-refractivity contribution is 4.81. The van der Waals surface area contributed by atoms with Crippen molar-refractivity contribution in [1.82, 2.24) is 10.2 Å². The molecule has 2 heteroatoms. The minimum Gasteiger partial charge on any atom is -0.310 e. The highest BCUT2D eigenvalue weighted by Crippen LogP contribution is 2.33. The second-order valence-corrected chi connectivity index (χ2v) is 6.62. The highest BCUT2D eigenvalue weighted by atomic mass is 15.1. The Balaban J connectivity index is 2.32. The van der Waals surface area contributed by atoms with E-state index in [0.717, 1.165) is 12.6 Å². The second-order valence-electron chi connectivity index (χ2n) is 6.62. The van der Waals surface area contributed by atoms with E-state index in [1.165, 1.54) is 32.1 Å². The van der Waals surface area contributed by atoms with E-state index in [-0.39, 0.29) is 0 Å². The molecule has 0 aromatic carbocycles. The van der Waals surface area contributed by atoms with Crippen LogP contribution in [0.15, 0.2) is 0 Å². The molecule has 0 bridgehead atoms. The van der Waals surface area contributed by atoms with Gasteiger partial charge in [0, 0.05) is 18.6 Å². The van der Waals surface area contributed by atoms with Gasteiger partial charge >= 0.3 is 0 Å². The van der Waals surface area contributed by atoms with Gasteiger partial charge in [-0.15, -0.1) is 0 Å². The first-order valence-electron chi connectivity index (χ1n) is 6.80. The number of hydrogen-bond acceptors (Lipinski definition) is 2. The van der Waals surface area contributed by atoms with E-state index >= 15 is 0 Å². The van der Waals surface area contributed by atoms with Gasteiger partial charge in [-0.2, -0.15) is 0 Å². The van der Waals surface area contributed by atoms with Crippen LogP contribution >= 0.6 is 0 Å². The molecular weight excluding hydrogens is 196 g/mol. The van der Waals surface area contributed by atoms with E-state index in [1.807, 2.05) is 0 Å². The molecule has 0 radical (unpaired) electrons. The zero-order valence-electron chi connectivity index (χ0n) is 11.8. The van der Waals surface area contributed by atoms with Gasteiger partial charge < -0.3 is 10.2 Å². The first-order valence-corrected chi connectivity index (χ1v) is 6.80. The topological polar surface area (TPSA) is 15.3 Å². The van der Waals surface area contributed by atoms with Gasteiger partial charge in [-0.05, 0) is 52.1 Å². The molecular formula is C14H30N2. The SMILES string of the molecule is CC(CN(C)C)NC1CCCC(C)(C)CC1. The van der Waals surface area contributed by atoms with Crippen molar-refractivity contribution in [2.75, 3.05) is 20.6 Å². The molecule has 1 fully saturated rings. The maximum absolute atomic E-state index is 3.79. The van der Waals surface area contributed by atoms with Crippen LogP contribution in [-0.4, -0.2) is 37.6 Å². The first-order chi connectivity index (χ1) is 7.39. The Hall–Kier alpha value is -0.0800. The molecule has 0 aromatic rings. The standard InChI is InChI=1S/C14H30N2/c1-12(11-16(4)5)15-13-7-6-9-14(2,3)10-8-13/h12-13,15H,6-11H2,1-5H3. The Kier molecular flexibility index (Phi) is 5.26. The first kappa shape index (κ1) is 14.0. The van der Waals surface area contributed by atoms with E-state index in [0.29, 0.717) is 11.5 Å². The van der Waals surface area contributed by atoms with E-state index in [2.05, 4.69) is 45.1 Å². The van der Waals surface area contributed by atoms with Gasteiger partial charge in [0.05, 0.1) is 0 Å². The molecule has 0 aromatic heterocycles. The average Bonchev–Trinajstić information content (AvgIpc) is 2.26. The summed E-state index contributed by atoms with van der Waals surface area (Å²) in [6.07, 6.45) is 6.87. The monoisotopic (exact) mass is 226 g/mol. The molecule has 0 spiro atoms. The predicted molar refractivity (Wildman–Crippen MR) is 71.8 cm³/mol. The number of rotatable bonds is 4. The summed E-state index contributed by atoms with van der Waals surface area (Å²) in [5, 5.41) is 3.79. The summed E-state index contributed by atoms with van der Waals surface area (Å²) in [5.41, 5.74) is 0.571. The summed E-state index contributed by atoms with van der Waals surface area (Å²) in [7, 11) is 4.29. The molecule has 1 aliphatic rings. The number of nitrogens with one attached hydrogen (secondary N) is 1. The molecule has 1 saturated carbocycles. The molecule has 1 aliphatic carbocycles. The second kappa shape index (κ2) is 6.02. The van der Waals surface area contributed by atoms with Crippen molar-refractivity contribution in [3.05, 3.63) is 0 Å². The van der Waals surface area contributed by atoms with E-state index in [1.54, 1.807) is 0 Å². The largest absolute Gasteiger partial charge is 0.310 e. The van der Waals surface area contributed by atoms with Crippen LogP contribution in [0.4, 0.5) is 0 Å². The molecule has 2 unspecified atom stereocenters. The zero-order valence-corrected chi connectivity index (χ0v) is 11.8. The smallest absolute Gasteiger partial charge is 0.0169 e. The molecule has 1 rings (SSSR count). The summed E-state index contributed by atoms with van der Waals surface area (Å²) in [6.45, 7) is 8.27. The molecule has 0 saturated heterocycles. The molecule has 1 N–H and O–H groups in total. The number of likely N-dealkylation sites (N-methyl/N-ethyl adjacent to an activating group) is 1. The van der Waals surface area contributed by atoms with Crippen LogP contribution in [0.25, 0.3) is 0 Å². The maximum Gasteiger partial charge on any atom is 0.0169 e. The summed E-state index contributed by atoms with van der Waals surface area (Å²) in [5.74, 6) is 0. The highest BCUT2D eigenvalue weighted by Gasteiger charge is 2.24. The Morgan fingerprint density at radius 1 is 1.25 bits per heavy atom. The fourth-order valence-electron chi connectivity index (χ4n) is 2.83. The van der Waals surface area contributed by atoms with Crippen LogP contribution < -0.4 is 5.32 Å². The maximum atomic E-state index is 3.79. The van der Waals surface area contributed by atoms with Crippen molar-refractivity contribution in [1.29, 1.82) is 0 Å². The Bertz CT molecular complexity index is 199. The lowest BCUT2D eigenvalue weighted by Gasteiger charge is -2.25. The van der Waals surface area contributed by atoms with Crippen LogP contribution in [0, 0.1) is 5.41 Å². The van der Waals surface area contributed by atoms with Crippen molar-refractivity contribution >= 4 is 0 Å². The van der Waals surface area contributed by atoms with Crippen LogP contribution in [0.3, 0.4) is 0 Å². The zero-order chi connectivity index (χ0) is 12.2. The van der Waals surface area contributed by atoms with Crippen LogP contribution in [0.5, 0.6) is 0 Å². The van der Waals surface area contributed by atoms with E-state index in [4.69, 9.17) is 0 Å². The quantitative estimate of drug-likeness (QED) is 0.742. The van der Waals surface area contributed by atoms with E-state index < -0.39 is 0 Å². The lowest BCUT2D eigenvalue weighted by atomic mass is 9.85. The summed E-state index contributed by atoms with van der Waals surface area (Å²) >= 11 is 0. The molecule has 96 valence electrons. The van der Waals surface area contributed by atoms with Crippen molar-refractivity contribution in [3.8, 4) is 0 Å². The summed E-state index contributed by atoms with van der Waals surface area (Å²) in [6, 6.07) is 1.36. The van der Waals surface area contributed by atoms with Crippen molar-refractivity contribution in [2.45, 2.75) is 65.0 Å². The number of hydrogen-bond donors (Lipinski definition) is 1. The van der Waals surface area contributed by atoms with Crippen molar-refractivity contribution in [2.24, 2.45) is 5.41 Å². The van der Waals surface area contributed by atoms with Crippen LogP contribution in [0.2, 0.25) is 0 Å². The molecule has 2 nitrogen and oxygen atoms in total. The third kappa shape index (κ3) is 5.31. The fourth-order valence-corrected chi connectivity index (χ4v) is 2.83. The Labute approximate surface area is 102 Å². The van der Waals surface area contributed by atoms with Crippen molar-refractivity contribution in [3.63, 3.8) is 0 Å². The Morgan fingerprint density at radius 3 is 2.56 bits per heavy atom. The normalized spacial score (nSPS) is 27.8. The summed E-state index contributed by atoms with van der Waals surface area (Å²) in [4.78, 5) is 2.26. The third-order valence-corrected chi connectivity index (χ3v) is 3.73. The summed E-state index contributed by atoms with van der Waals surface area (Å²) < 4.78 is 0. The van der Waals surface area contributed by atoms with Gasteiger partial charge in [-0.3, -0.25) is 0 Å². The molecule has 16 heavy (non-hydrogen) atoms. The lowest BCUT2D eigenvalue weighted by molar-refractivity contribution is 0.296. The predicted octanol–water partition coefficient (Wildman–Crippen LogP) is 2.89. The molecule has 0 aliphatic heterocycles. The number of nitrogens with zero attached hydrogens (tertiary/aromatic N) is 1. The van der Waals surface area contributed by atoms with Gasteiger partial charge in [-0.25, -0.2) is 0 Å². The molecule has 0 heterocycles. The molecule has 0 amide bonds. The van der Waals surface area contributed by atoms with E-state index in [9.17, 15) is 0 Å². The Morgan fingerprint density at radius 2 is 1.94 bits per heavy atom. The minimum absolute atomic E-state index is 0.571.